The van der Waals surface area contributed by atoms with Crippen LogP contribution in [-0.2, 0) is 21.2 Å². The molecule has 2 aromatic heterocycles. The molecule has 3 heterocycles. The number of hydrogen-bond donors (Lipinski definition) is 1. The van der Waals surface area contributed by atoms with E-state index in [1.54, 1.807) is 0 Å². The third-order valence-corrected chi connectivity index (χ3v) is 9.74. The van der Waals surface area contributed by atoms with Gasteiger partial charge in [-0.1, -0.05) is 36.8 Å². The van der Waals surface area contributed by atoms with Crippen LogP contribution < -0.4 is 5.32 Å². The van der Waals surface area contributed by atoms with Gasteiger partial charge in [0.15, 0.2) is 10.9 Å². The number of amides is 1. The van der Waals surface area contributed by atoms with Crippen LogP contribution in [0.15, 0.2) is 16.3 Å². The minimum absolute atomic E-state index is 0.0360. The summed E-state index contributed by atoms with van der Waals surface area (Å²) in [6.07, 6.45) is 2.15. The summed E-state index contributed by atoms with van der Waals surface area (Å²) < 4.78 is 27.6. The molecule has 2 aliphatic rings. The number of Topliss-reactive ketones (excluding diaryl/α,β-unsaturated/α-hetero) is 1. The highest BCUT2D eigenvalue weighted by Gasteiger charge is 2.41. The fraction of sp³-hybridized carbons (Fsp3) is 0.500. The number of aromatic nitrogens is 1. The second-order valence-electron chi connectivity index (χ2n) is 8.06. The molecule has 1 saturated heterocycles. The third kappa shape index (κ3) is 4.00. The zero-order valence-corrected chi connectivity index (χ0v) is 19.1. The number of carbonyl (C=O) groups excluding carboxylic acids is 2. The molecule has 2 aromatic rings. The lowest BCUT2D eigenvalue weighted by atomic mass is 9.78. The topological polar surface area (TPSA) is 96.4 Å². The monoisotopic (exact) mass is 473 g/mol. The molecule has 4 rings (SSSR count). The number of nitrogens with zero attached hydrogens (tertiary/aromatic N) is 2. The van der Waals surface area contributed by atoms with E-state index in [1.807, 2.05) is 13.8 Å². The van der Waals surface area contributed by atoms with Gasteiger partial charge in [0.1, 0.15) is 10.3 Å². The van der Waals surface area contributed by atoms with E-state index in [0.29, 0.717) is 45.7 Å². The lowest BCUT2D eigenvalue weighted by Gasteiger charge is -2.26. The highest BCUT2D eigenvalue weighted by molar-refractivity contribution is 7.91. The predicted octanol–water partition coefficient (Wildman–Crippen LogP) is 3.80. The number of anilines is 1. The number of carbonyl (C=O) groups is 2. The molecule has 1 aliphatic carbocycles. The van der Waals surface area contributed by atoms with Crippen LogP contribution in [0.3, 0.4) is 0 Å². The van der Waals surface area contributed by atoms with E-state index in [-0.39, 0.29) is 22.0 Å². The molecule has 0 spiro atoms. The Morgan fingerprint density at radius 3 is 2.76 bits per heavy atom. The van der Waals surface area contributed by atoms with Gasteiger partial charge in [0.2, 0.25) is 5.91 Å². The minimum atomic E-state index is -3.80. The zero-order chi connectivity index (χ0) is 21.0. The fourth-order valence-electron chi connectivity index (χ4n) is 3.80. The van der Waals surface area contributed by atoms with Gasteiger partial charge in [0.25, 0.3) is 10.0 Å². The predicted molar refractivity (Wildman–Crippen MR) is 113 cm³/mol. The standard InChI is InChI=1S/C18H20ClN3O4S3/c1-18(2)8-10-15(12(23)9-18)28-17(20-10)21-16(24)11-4-3-7-22(11)29(25,26)14-6-5-13(19)27-14/h5-6,11H,3-4,7-9H2,1-2H3,(H,20,21,24)/t11-/m0/s1. The normalized spacial score (nSPS) is 21.9. The van der Waals surface area contributed by atoms with Gasteiger partial charge in [-0.2, -0.15) is 4.31 Å². The summed E-state index contributed by atoms with van der Waals surface area (Å²) in [5, 5.41) is 3.08. The summed E-state index contributed by atoms with van der Waals surface area (Å²) in [4.78, 5) is 30.3. The average Bonchev–Trinajstić information content (AvgIpc) is 3.32. The van der Waals surface area contributed by atoms with Crippen molar-refractivity contribution >= 4 is 61.1 Å². The van der Waals surface area contributed by atoms with E-state index in [1.165, 1.54) is 16.4 Å². The maximum Gasteiger partial charge on any atom is 0.253 e. The van der Waals surface area contributed by atoms with Crippen molar-refractivity contribution in [2.45, 2.75) is 49.8 Å². The first kappa shape index (κ1) is 20.9. The van der Waals surface area contributed by atoms with E-state index in [0.717, 1.165) is 22.7 Å². The molecule has 7 nitrogen and oxygen atoms in total. The zero-order valence-electron chi connectivity index (χ0n) is 15.9. The van der Waals surface area contributed by atoms with Crippen LogP contribution in [0.25, 0.3) is 0 Å². The Morgan fingerprint density at radius 1 is 1.31 bits per heavy atom. The van der Waals surface area contributed by atoms with Gasteiger partial charge in [-0.05, 0) is 36.8 Å². The highest BCUT2D eigenvalue weighted by atomic mass is 35.5. The van der Waals surface area contributed by atoms with Crippen LogP contribution in [0, 0.1) is 5.41 Å². The van der Waals surface area contributed by atoms with Crippen molar-refractivity contribution in [2.24, 2.45) is 5.41 Å². The van der Waals surface area contributed by atoms with Crippen molar-refractivity contribution in [3.8, 4) is 0 Å². The molecular weight excluding hydrogens is 454 g/mol. The van der Waals surface area contributed by atoms with E-state index in [9.17, 15) is 18.0 Å². The Balaban J connectivity index is 1.54. The number of thiophene rings is 1. The van der Waals surface area contributed by atoms with Crippen LogP contribution in [0.1, 0.15) is 48.5 Å². The minimum Gasteiger partial charge on any atom is -0.301 e. The van der Waals surface area contributed by atoms with E-state index in [2.05, 4.69) is 10.3 Å². The molecule has 0 saturated carbocycles. The summed E-state index contributed by atoms with van der Waals surface area (Å²) in [5.74, 6) is -0.388. The summed E-state index contributed by atoms with van der Waals surface area (Å²) in [6.45, 7) is 4.31. The van der Waals surface area contributed by atoms with Crippen molar-refractivity contribution in [2.75, 3.05) is 11.9 Å². The molecule has 1 atom stereocenters. The molecule has 0 radical (unpaired) electrons. The van der Waals surface area contributed by atoms with Crippen LogP contribution in [-0.4, -0.2) is 42.0 Å². The number of nitrogens with one attached hydrogen (secondary N) is 1. The molecule has 1 N–H and O–H groups in total. The molecular formula is C18H20ClN3O4S3. The van der Waals surface area contributed by atoms with Crippen LogP contribution in [0.4, 0.5) is 5.13 Å². The van der Waals surface area contributed by atoms with E-state index < -0.39 is 22.0 Å². The summed E-state index contributed by atoms with van der Waals surface area (Å²) in [5.41, 5.74) is 0.549. The van der Waals surface area contributed by atoms with E-state index in [4.69, 9.17) is 11.6 Å². The number of sulfonamides is 1. The molecule has 156 valence electrons. The van der Waals surface area contributed by atoms with Crippen molar-refractivity contribution in [3.05, 3.63) is 27.0 Å². The first-order valence-corrected chi connectivity index (χ1v) is 12.6. The Bertz CT molecular complexity index is 1090. The van der Waals surface area contributed by atoms with Crippen molar-refractivity contribution in [1.29, 1.82) is 0 Å². The Hall–Kier alpha value is -1.33. The Morgan fingerprint density at radius 2 is 2.07 bits per heavy atom. The Kier molecular flexibility index (Phi) is 5.35. The van der Waals surface area contributed by atoms with Gasteiger partial charge < -0.3 is 5.32 Å². The lowest BCUT2D eigenvalue weighted by molar-refractivity contribution is -0.119. The number of thiazole rings is 1. The number of rotatable bonds is 4. The third-order valence-electron chi connectivity index (χ3n) is 5.08. The first-order valence-electron chi connectivity index (χ1n) is 9.18. The van der Waals surface area contributed by atoms with Crippen molar-refractivity contribution in [1.82, 2.24) is 9.29 Å². The fourth-order valence-corrected chi connectivity index (χ4v) is 8.00. The molecule has 11 heteroatoms. The smallest absolute Gasteiger partial charge is 0.253 e. The molecule has 0 bridgehead atoms. The van der Waals surface area contributed by atoms with E-state index >= 15 is 0 Å². The number of fused-ring (bicyclic) bond motifs is 1. The van der Waals surface area contributed by atoms with Gasteiger partial charge in [-0.25, -0.2) is 13.4 Å². The van der Waals surface area contributed by atoms with Gasteiger partial charge >= 0.3 is 0 Å². The lowest BCUT2D eigenvalue weighted by Crippen LogP contribution is -2.42. The maximum atomic E-state index is 12.9. The van der Waals surface area contributed by atoms with Crippen LogP contribution in [0.2, 0.25) is 4.34 Å². The quantitative estimate of drug-likeness (QED) is 0.728. The van der Waals surface area contributed by atoms with Crippen LogP contribution >= 0.6 is 34.3 Å². The number of halogens is 1. The van der Waals surface area contributed by atoms with Crippen molar-refractivity contribution in [3.63, 3.8) is 0 Å². The summed E-state index contributed by atoms with van der Waals surface area (Å²) in [6, 6.07) is 2.18. The molecule has 1 fully saturated rings. The second kappa shape index (κ2) is 7.42. The average molecular weight is 474 g/mol. The summed E-state index contributed by atoms with van der Waals surface area (Å²) >= 11 is 8.02. The number of hydrogen-bond acceptors (Lipinski definition) is 7. The molecule has 29 heavy (non-hydrogen) atoms. The summed E-state index contributed by atoms with van der Waals surface area (Å²) in [7, 11) is -3.80. The van der Waals surface area contributed by atoms with Gasteiger partial charge in [0.05, 0.1) is 14.9 Å². The largest absolute Gasteiger partial charge is 0.301 e. The second-order valence-corrected chi connectivity index (χ2v) is 12.9. The highest BCUT2D eigenvalue weighted by Crippen LogP contribution is 2.39. The molecule has 0 unspecified atom stereocenters. The molecule has 0 aromatic carbocycles. The van der Waals surface area contributed by atoms with Gasteiger partial charge in [0, 0.05) is 13.0 Å². The van der Waals surface area contributed by atoms with Gasteiger partial charge in [-0.3, -0.25) is 9.59 Å². The van der Waals surface area contributed by atoms with Crippen LogP contribution in [0.5, 0.6) is 0 Å². The van der Waals surface area contributed by atoms with Gasteiger partial charge in [-0.15, -0.1) is 11.3 Å². The number of ketones is 1. The first-order chi connectivity index (χ1) is 13.6. The molecule has 1 amide bonds. The molecule has 1 aliphatic heterocycles. The van der Waals surface area contributed by atoms with Crippen molar-refractivity contribution < 1.29 is 18.0 Å². The maximum absolute atomic E-state index is 12.9. The Labute approximate surface area is 182 Å². The SMILES string of the molecule is CC1(C)CC(=O)c2sc(NC(=O)[C@@H]3CCCN3S(=O)(=O)c3ccc(Cl)s3)nc2C1.